The molecule has 6 heteroatoms. The Morgan fingerprint density at radius 1 is 1.04 bits per heavy atom. The lowest BCUT2D eigenvalue weighted by atomic mass is 10.2. The van der Waals surface area contributed by atoms with E-state index in [2.05, 4.69) is 39.4 Å². The molecule has 3 aromatic rings. The molecule has 4 rings (SSSR count). The molecule has 0 spiro atoms. The first kappa shape index (κ1) is 15.8. The number of pyridine rings is 1. The van der Waals surface area contributed by atoms with Gasteiger partial charge in [0.15, 0.2) is 5.65 Å². The number of aromatic nitrogens is 3. The number of piperazine rings is 1. The number of hydrogen-bond donors (Lipinski definition) is 0. The van der Waals surface area contributed by atoms with E-state index in [0.717, 1.165) is 38.5 Å². The minimum Gasteiger partial charge on any atom is -0.336 e. The van der Waals surface area contributed by atoms with Crippen LogP contribution in [0, 0.1) is 6.92 Å². The second-order valence-electron chi connectivity index (χ2n) is 6.44. The SMILES string of the molecule is Cc1nnc2cc(C(=O)N3CCN(Cc4ccccc4)CC3)ccn12. The molecule has 1 fully saturated rings. The highest BCUT2D eigenvalue weighted by molar-refractivity contribution is 5.95. The molecule has 2 aromatic heterocycles. The number of rotatable bonds is 3. The van der Waals surface area contributed by atoms with E-state index in [1.165, 1.54) is 5.56 Å². The maximum Gasteiger partial charge on any atom is 0.254 e. The van der Waals surface area contributed by atoms with Gasteiger partial charge in [-0.3, -0.25) is 14.1 Å². The molecule has 0 unspecified atom stereocenters. The van der Waals surface area contributed by atoms with Gasteiger partial charge in [-0.2, -0.15) is 0 Å². The Hall–Kier alpha value is -2.73. The van der Waals surface area contributed by atoms with Crippen LogP contribution in [0.4, 0.5) is 0 Å². The van der Waals surface area contributed by atoms with E-state index in [0.29, 0.717) is 11.2 Å². The second kappa shape index (κ2) is 6.64. The highest BCUT2D eigenvalue weighted by atomic mass is 16.2. The average Bonchev–Trinajstić information content (AvgIpc) is 3.03. The van der Waals surface area contributed by atoms with Gasteiger partial charge in [0.05, 0.1) is 0 Å². The Bertz CT molecular complexity index is 881. The van der Waals surface area contributed by atoms with Crippen molar-refractivity contribution in [3.05, 3.63) is 65.6 Å². The van der Waals surface area contributed by atoms with Crippen LogP contribution < -0.4 is 0 Å². The number of carbonyl (C=O) groups excluding carboxylic acids is 1. The maximum atomic E-state index is 12.8. The molecule has 1 aromatic carbocycles. The number of carbonyl (C=O) groups is 1. The third kappa shape index (κ3) is 3.25. The number of fused-ring (bicyclic) bond motifs is 1. The van der Waals surface area contributed by atoms with Crippen molar-refractivity contribution < 1.29 is 4.79 Å². The summed E-state index contributed by atoms with van der Waals surface area (Å²) in [6.07, 6.45) is 1.86. The summed E-state index contributed by atoms with van der Waals surface area (Å²) in [5, 5.41) is 8.14. The van der Waals surface area contributed by atoms with Crippen molar-refractivity contribution in [2.24, 2.45) is 0 Å². The minimum absolute atomic E-state index is 0.0718. The molecule has 3 heterocycles. The summed E-state index contributed by atoms with van der Waals surface area (Å²) in [7, 11) is 0. The molecule has 1 amide bonds. The number of nitrogens with zero attached hydrogens (tertiary/aromatic N) is 5. The van der Waals surface area contributed by atoms with Gasteiger partial charge in [-0.1, -0.05) is 30.3 Å². The van der Waals surface area contributed by atoms with Crippen LogP contribution in [0.15, 0.2) is 48.7 Å². The molecule has 0 N–H and O–H groups in total. The van der Waals surface area contributed by atoms with Gasteiger partial charge in [0.2, 0.25) is 0 Å². The fraction of sp³-hybridized carbons (Fsp3) is 0.316. The quantitative estimate of drug-likeness (QED) is 0.735. The Morgan fingerprint density at radius 3 is 2.56 bits per heavy atom. The van der Waals surface area contributed by atoms with E-state index in [9.17, 15) is 4.79 Å². The van der Waals surface area contributed by atoms with E-state index in [-0.39, 0.29) is 5.91 Å². The molecular weight excluding hydrogens is 314 g/mol. The third-order valence-corrected chi connectivity index (χ3v) is 4.74. The summed E-state index contributed by atoms with van der Waals surface area (Å²) in [5.41, 5.74) is 2.71. The lowest BCUT2D eigenvalue weighted by Gasteiger charge is -2.34. The smallest absolute Gasteiger partial charge is 0.254 e. The minimum atomic E-state index is 0.0718. The number of aryl methyl sites for hydroxylation is 1. The summed E-state index contributed by atoms with van der Waals surface area (Å²) in [6, 6.07) is 14.1. The molecule has 0 aliphatic carbocycles. The van der Waals surface area contributed by atoms with Gasteiger partial charge < -0.3 is 4.90 Å². The van der Waals surface area contributed by atoms with E-state index in [1.54, 1.807) is 0 Å². The van der Waals surface area contributed by atoms with E-state index >= 15 is 0 Å². The first-order valence-electron chi connectivity index (χ1n) is 8.58. The van der Waals surface area contributed by atoms with Gasteiger partial charge in [-0.05, 0) is 24.6 Å². The van der Waals surface area contributed by atoms with Crippen molar-refractivity contribution in [3.8, 4) is 0 Å². The molecule has 25 heavy (non-hydrogen) atoms. The zero-order valence-corrected chi connectivity index (χ0v) is 14.3. The van der Waals surface area contributed by atoms with Crippen LogP contribution in [-0.4, -0.2) is 56.5 Å². The van der Waals surface area contributed by atoms with Crippen LogP contribution in [0.5, 0.6) is 0 Å². The van der Waals surface area contributed by atoms with Crippen molar-refractivity contribution >= 4 is 11.6 Å². The van der Waals surface area contributed by atoms with E-state index < -0.39 is 0 Å². The fourth-order valence-corrected chi connectivity index (χ4v) is 3.28. The summed E-state index contributed by atoms with van der Waals surface area (Å²) in [6.45, 7) is 6.13. The first-order chi connectivity index (χ1) is 12.2. The number of hydrogen-bond acceptors (Lipinski definition) is 4. The Kier molecular flexibility index (Phi) is 4.19. The van der Waals surface area contributed by atoms with E-state index in [1.807, 2.05) is 40.6 Å². The van der Waals surface area contributed by atoms with Gasteiger partial charge in [-0.25, -0.2) is 0 Å². The molecule has 0 saturated carbocycles. The van der Waals surface area contributed by atoms with Gasteiger partial charge in [-0.15, -0.1) is 10.2 Å². The number of amides is 1. The topological polar surface area (TPSA) is 53.7 Å². The molecule has 0 atom stereocenters. The Balaban J connectivity index is 1.40. The Labute approximate surface area is 146 Å². The molecule has 0 radical (unpaired) electrons. The average molecular weight is 335 g/mol. The van der Waals surface area contributed by atoms with Crippen LogP contribution in [0.3, 0.4) is 0 Å². The molecule has 0 bridgehead atoms. The number of benzene rings is 1. The van der Waals surface area contributed by atoms with Crippen LogP contribution in [-0.2, 0) is 6.54 Å². The van der Waals surface area contributed by atoms with Crippen molar-refractivity contribution in [1.29, 1.82) is 0 Å². The maximum absolute atomic E-state index is 12.8. The van der Waals surface area contributed by atoms with Gasteiger partial charge in [0.25, 0.3) is 5.91 Å². The fourth-order valence-electron chi connectivity index (χ4n) is 3.28. The molecular formula is C19H21N5O. The molecule has 128 valence electrons. The van der Waals surface area contributed by atoms with Gasteiger partial charge in [0.1, 0.15) is 5.82 Å². The highest BCUT2D eigenvalue weighted by Crippen LogP contribution is 2.13. The van der Waals surface area contributed by atoms with Gasteiger partial charge >= 0.3 is 0 Å². The van der Waals surface area contributed by atoms with Crippen LogP contribution >= 0.6 is 0 Å². The summed E-state index contributed by atoms with van der Waals surface area (Å²) in [5.74, 6) is 0.894. The molecule has 1 aliphatic rings. The normalized spacial score (nSPS) is 15.6. The third-order valence-electron chi connectivity index (χ3n) is 4.74. The van der Waals surface area contributed by atoms with Crippen molar-refractivity contribution in [3.63, 3.8) is 0 Å². The van der Waals surface area contributed by atoms with Crippen molar-refractivity contribution in [2.45, 2.75) is 13.5 Å². The van der Waals surface area contributed by atoms with Crippen molar-refractivity contribution in [1.82, 2.24) is 24.4 Å². The zero-order valence-electron chi connectivity index (χ0n) is 14.3. The predicted octanol–water partition coefficient (Wildman–Crippen LogP) is 2.00. The van der Waals surface area contributed by atoms with Gasteiger partial charge in [0, 0.05) is 44.5 Å². The molecule has 1 saturated heterocycles. The van der Waals surface area contributed by atoms with Crippen molar-refractivity contribution in [2.75, 3.05) is 26.2 Å². The van der Waals surface area contributed by atoms with Crippen LogP contribution in [0.1, 0.15) is 21.7 Å². The lowest BCUT2D eigenvalue weighted by Crippen LogP contribution is -2.48. The largest absolute Gasteiger partial charge is 0.336 e. The Morgan fingerprint density at radius 2 is 1.80 bits per heavy atom. The predicted molar refractivity (Wildman–Crippen MR) is 95.3 cm³/mol. The second-order valence-corrected chi connectivity index (χ2v) is 6.44. The van der Waals surface area contributed by atoms with E-state index in [4.69, 9.17) is 0 Å². The lowest BCUT2D eigenvalue weighted by molar-refractivity contribution is 0.0628. The zero-order chi connectivity index (χ0) is 17.2. The summed E-state index contributed by atoms with van der Waals surface area (Å²) < 4.78 is 1.88. The monoisotopic (exact) mass is 335 g/mol. The standard InChI is InChI=1S/C19H21N5O/c1-15-20-21-18-13-17(7-8-24(15)18)19(25)23-11-9-22(10-12-23)14-16-5-3-2-4-6-16/h2-8,13H,9-12,14H2,1H3. The first-order valence-corrected chi connectivity index (χ1v) is 8.58. The molecule has 6 nitrogen and oxygen atoms in total. The van der Waals surface area contributed by atoms with Crippen LogP contribution in [0.2, 0.25) is 0 Å². The summed E-state index contributed by atoms with van der Waals surface area (Å²) >= 11 is 0. The summed E-state index contributed by atoms with van der Waals surface area (Å²) in [4.78, 5) is 17.1. The van der Waals surface area contributed by atoms with Crippen LogP contribution in [0.25, 0.3) is 5.65 Å². The highest BCUT2D eigenvalue weighted by Gasteiger charge is 2.22. The molecule has 1 aliphatic heterocycles.